The SMILES string of the molecule is C=CCO/N=C1\CCN(S(C)(=O)=O)c2nnc(-c3sc(-c4cccnc4)nc3C)nc21. The Kier molecular flexibility index (Phi) is 5.74. The Hall–Kier alpha value is -3.25. The average molecular weight is 458 g/mol. The summed E-state index contributed by atoms with van der Waals surface area (Å²) in [5.41, 5.74) is 2.45. The van der Waals surface area contributed by atoms with Gasteiger partial charge >= 0.3 is 0 Å². The number of hydrogen-bond donors (Lipinski definition) is 0. The molecule has 4 heterocycles. The number of pyridine rings is 1. The summed E-state index contributed by atoms with van der Waals surface area (Å²) in [6, 6.07) is 3.77. The number of anilines is 1. The van der Waals surface area contributed by atoms with Crippen LogP contribution in [0.5, 0.6) is 0 Å². The van der Waals surface area contributed by atoms with E-state index >= 15 is 0 Å². The summed E-state index contributed by atoms with van der Waals surface area (Å²) >= 11 is 1.41. The van der Waals surface area contributed by atoms with Crippen molar-refractivity contribution in [2.75, 3.05) is 23.7 Å². The van der Waals surface area contributed by atoms with Gasteiger partial charge in [0.2, 0.25) is 10.0 Å². The quantitative estimate of drug-likeness (QED) is 0.314. The lowest BCUT2D eigenvalue weighted by atomic mass is 10.1. The lowest BCUT2D eigenvalue weighted by molar-refractivity contribution is 0.174. The first-order chi connectivity index (χ1) is 14.9. The van der Waals surface area contributed by atoms with Crippen LogP contribution in [0.2, 0.25) is 0 Å². The standard InChI is InChI=1S/C19H19N7O3S2/c1-4-10-29-25-14-7-9-26(31(3,27)28)18-15(14)22-17(23-24-18)16-12(2)21-19(30-16)13-6-5-8-20-11-13/h4-6,8,11H,1,7,9-10H2,2-3H3/b25-14+. The van der Waals surface area contributed by atoms with E-state index in [0.717, 1.165) is 27.4 Å². The van der Waals surface area contributed by atoms with Gasteiger partial charge in [0, 0.05) is 30.9 Å². The molecule has 3 aromatic rings. The molecule has 1 aliphatic heterocycles. The van der Waals surface area contributed by atoms with Crippen LogP contribution in [-0.4, -0.2) is 58.7 Å². The van der Waals surface area contributed by atoms with Gasteiger partial charge in [-0.3, -0.25) is 9.29 Å². The van der Waals surface area contributed by atoms with E-state index in [4.69, 9.17) is 4.84 Å². The molecule has 0 amide bonds. The molecule has 31 heavy (non-hydrogen) atoms. The Bertz CT molecular complexity index is 1260. The number of nitrogens with zero attached hydrogens (tertiary/aromatic N) is 7. The van der Waals surface area contributed by atoms with E-state index in [-0.39, 0.29) is 19.0 Å². The van der Waals surface area contributed by atoms with Crippen molar-refractivity contribution in [2.45, 2.75) is 13.3 Å². The van der Waals surface area contributed by atoms with Crippen molar-refractivity contribution in [3.63, 3.8) is 0 Å². The van der Waals surface area contributed by atoms with Crippen LogP contribution < -0.4 is 4.31 Å². The van der Waals surface area contributed by atoms with E-state index < -0.39 is 10.0 Å². The molecule has 0 saturated heterocycles. The predicted octanol–water partition coefficient (Wildman–Crippen LogP) is 2.44. The lowest BCUT2D eigenvalue weighted by Gasteiger charge is -2.27. The maximum absolute atomic E-state index is 12.2. The largest absolute Gasteiger partial charge is 0.391 e. The lowest BCUT2D eigenvalue weighted by Crippen LogP contribution is -2.38. The van der Waals surface area contributed by atoms with Gasteiger partial charge in [0.05, 0.1) is 16.8 Å². The van der Waals surface area contributed by atoms with E-state index in [0.29, 0.717) is 23.7 Å². The number of aromatic nitrogens is 5. The summed E-state index contributed by atoms with van der Waals surface area (Å²) in [5.74, 6) is 0.476. The smallest absolute Gasteiger partial charge is 0.233 e. The normalized spacial score (nSPS) is 15.0. The Morgan fingerprint density at radius 3 is 2.90 bits per heavy atom. The van der Waals surface area contributed by atoms with Gasteiger partial charge in [-0.2, -0.15) is 0 Å². The van der Waals surface area contributed by atoms with Crippen LogP contribution in [-0.2, 0) is 14.9 Å². The molecule has 0 saturated carbocycles. The second kappa shape index (κ2) is 8.47. The molecule has 0 aliphatic carbocycles. The van der Waals surface area contributed by atoms with Crippen molar-refractivity contribution in [1.29, 1.82) is 0 Å². The maximum atomic E-state index is 12.2. The third kappa shape index (κ3) is 4.30. The van der Waals surface area contributed by atoms with Gasteiger partial charge < -0.3 is 4.84 Å². The van der Waals surface area contributed by atoms with Crippen LogP contribution in [0.4, 0.5) is 5.82 Å². The molecule has 0 unspecified atom stereocenters. The zero-order valence-corrected chi connectivity index (χ0v) is 18.5. The second-order valence-electron chi connectivity index (χ2n) is 6.69. The molecule has 10 nitrogen and oxygen atoms in total. The highest BCUT2D eigenvalue weighted by atomic mass is 32.2. The van der Waals surface area contributed by atoms with Crippen LogP contribution >= 0.6 is 11.3 Å². The van der Waals surface area contributed by atoms with Gasteiger partial charge in [-0.1, -0.05) is 17.8 Å². The molecule has 0 fully saturated rings. The number of oxime groups is 1. The molecule has 160 valence electrons. The molecule has 0 N–H and O–H groups in total. The Morgan fingerprint density at radius 2 is 2.19 bits per heavy atom. The van der Waals surface area contributed by atoms with Crippen LogP contribution in [0.25, 0.3) is 21.3 Å². The van der Waals surface area contributed by atoms with Crippen molar-refractivity contribution in [2.24, 2.45) is 5.16 Å². The molecule has 1 aliphatic rings. The topological polar surface area (TPSA) is 123 Å². The van der Waals surface area contributed by atoms with Gasteiger partial charge in [-0.15, -0.1) is 21.5 Å². The fourth-order valence-corrected chi connectivity index (χ4v) is 4.85. The second-order valence-corrected chi connectivity index (χ2v) is 9.60. The van der Waals surface area contributed by atoms with Crippen LogP contribution in [0.3, 0.4) is 0 Å². The summed E-state index contributed by atoms with van der Waals surface area (Å²) in [6.45, 7) is 5.86. The van der Waals surface area contributed by atoms with Crippen LogP contribution in [0.15, 0.2) is 42.3 Å². The Morgan fingerprint density at radius 1 is 1.35 bits per heavy atom. The maximum Gasteiger partial charge on any atom is 0.233 e. The van der Waals surface area contributed by atoms with Gasteiger partial charge in [0.15, 0.2) is 11.6 Å². The Labute approximate surface area is 183 Å². The van der Waals surface area contributed by atoms with E-state index in [9.17, 15) is 8.42 Å². The summed E-state index contributed by atoms with van der Waals surface area (Å²) in [6.07, 6.45) is 6.46. The molecule has 0 bridgehead atoms. The highest BCUT2D eigenvalue weighted by Crippen LogP contribution is 2.34. The number of fused-ring (bicyclic) bond motifs is 1. The highest BCUT2D eigenvalue weighted by Gasteiger charge is 2.32. The summed E-state index contributed by atoms with van der Waals surface area (Å²) < 4.78 is 25.6. The molecule has 0 atom stereocenters. The third-order valence-electron chi connectivity index (χ3n) is 4.41. The fraction of sp³-hybridized carbons (Fsp3) is 0.263. The van der Waals surface area contributed by atoms with Crippen molar-refractivity contribution in [3.8, 4) is 21.3 Å². The van der Waals surface area contributed by atoms with Gasteiger partial charge in [-0.05, 0) is 19.1 Å². The fourth-order valence-electron chi connectivity index (χ4n) is 3.01. The first-order valence-corrected chi connectivity index (χ1v) is 12.0. The van der Waals surface area contributed by atoms with Crippen LogP contribution in [0, 0.1) is 6.92 Å². The minimum atomic E-state index is -3.54. The molecular formula is C19H19N7O3S2. The zero-order valence-electron chi connectivity index (χ0n) is 16.9. The van der Waals surface area contributed by atoms with Gasteiger partial charge in [0.1, 0.15) is 23.0 Å². The molecule has 3 aromatic heterocycles. The van der Waals surface area contributed by atoms with E-state index in [1.54, 1.807) is 18.5 Å². The molecule has 0 radical (unpaired) electrons. The minimum Gasteiger partial charge on any atom is -0.391 e. The van der Waals surface area contributed by atoms with Gasteiger partial charge in [0.25, 0.3) is 0 Å². The highest BCUT2D eigenvalue weighted by molar-refractivity contribution is 7.92. The third-order valence-corrected chi connectivity index (χ3v) is 6.76. The monoisotopic (exact) mass is 457 g/mol. The van der Waals surface area contributed by atoms with Crippen LogP contribution in [0.1, 0.15) is 17.8 Å². The molecular weight excluding hydrogens is 438 g/mol. The van der Waals surface area contributed by atoms with E-state index in [1.807, 2.05) is 19.1 Å². The first-order valence-electron chi connectivity index (χ1n) is 9.29. The summed E-state index contributed by atoms with van der Waals surface area (Å²) in [5, 5.41) is 13.3. The van der Waals surface area contributed by atoms with E-state index in [2.05, 4.69) is 36.9 Å². The van der Waals surface area contributed by atoms with Crippen molar-refractivity contribution >= 4 is 32.9 Å². The summed E-state index contributed by atoms with van der Waals surface area (Å²) in [4.78, 5) is 19.3. The number of sulfonamides is 1. The number of rotatable bonds is 6. The average Bonchev–Trinajstić information content (AvgIpc) is 3.15. The molecule has 4 rings (SSSR count). The molecule has 0 aromatic carbocycles. The van der Waals surface area contributed by atoms with Crippen molar-refractivity contribution in [1.82, 2.24) is 25.1 Å². The van der Waals surface area contributed by atoms with E-state index in [1.165, 1.54) is 15.6 Å². The van der Waals surface area contributed by atoms with Gasteiger partial charge in [-0.25, -0.2) is 18.4 Å². The zero-order chi connectivity index (χ0) is 22.0. The number of aryl methyl sites for hydroxylation is 1. The predicted molar refractivity (Wildman–Crippen MR) is 118 cm³/mol. The minimum absolute atomic E-state index is 0.133. The van der Waals surface area contributed by atoms with Crippen molar-refractivity contribution in [3.05, 3.63) is 48.6 Å². The summed E-state index contributed by atoms with van der Waals surface area (Å²) in [7, 11) is -3.54. The molecule has 12 heteroatoms. The number of thiazole rings is 1. The number of hydrogen-bond acceptors (Lipinski definition) is 10. The molecule has 0 spiro atoms. The van der Waals surface area contributed by atoms with Crippen molar-refractivity contribution < 1.29 is 13.3 Å². The first kappa shape index (κ1) is 21.0. The Balaban J connectivity index is 1.80.